The van der Waals surface area contributed by atoms with Crippen LogP contribution in [0.1, 0.15) is 16.8 Å². The lowest BCUT2D eigenvalue weighted by Gasteiger charge is -2.18. The summed E-state index contributed by atoms with van der Waals surface area (Å²) in [6, 6.07) is 2.13. The minimum Gasteiger partial charge on any atom is -0.341 e. The van der Waals surface area contributed by atoms with E-state index in [9.17, 15) is 30.8 Å². The van der Waals surface area contributed by atoms with Gasteiger partial charge in [-0.3, -0.25) is 4.79 Å². The molecule has 1 aromatic carbocycles. The fraction of sp³-hybridized carbons (Fsp3) is 0.364. The summed E-state index contributed by atoms with van der Waals surface area (Å²) in [5.74, 6) is -1.98. The van der Waals surface area contributed by atoms with Crippen molar-refractivity contribution in [3.05, 3.63) is 29.6 Å². The van der Waals surface area contributed by atoms with Gasteiger partial charge in [-0.1, -0.05) is 0 Å². The van der Waals surface area contributed by atoms with E-state index in [1.54, 1.807) is 0 Å². The lowest BCUT2D eigenvalue weighted by Crippen LogP contribution is -2.30. The second-order valence-electron chi connectivity index (χ2n) is 4.21. The number of nitrogens with zero attached hydrogens (tertiary/aromatic N) is 1. The van der Waals surface area contributed by atoms with Crippen LogP contribution in [0.15, 0.2) is 23.1 Å². The molecule has 0 fully saturated rings. The number of amides is 1. The monoisotopic (exact) mass is 347 g/mol. The third-order valence-corrected chi connectivity index (χ3v) is 3.81. The summed E-state index contributed by atoms with van der Waals surface area (Å²) in [6.07, 6.45) is -5.67. The Morgan fingerprint density at radius 3 is 2.33 bits per heavy atom. The van der Waals surface area contributed by atoms with Crippen LogP contribution in [-0.4, -0.2) is 39.0 Å². The number of benzene rings is 1. The van der Waals surface area contributed by atoms with Crippen LogP contribution in [-0.2, 0) is 9.05 Å². The normalized spacial score (nSPS) is 12.3. The maximum absolute atomic E-state index is 13.3. The van der Waals surface area contributed by atoms with Crippen LogP contribution in [0.2, 0.25) is 0 Å². The van der Waals surface area contributed by atoms with Gasteiger partial charge in [0.05, 0.1) is 11.3 Å². The molecule has 0 heterocycles. The van der Waals surface area contributed by atoms with Crippen molar-refractivity contribution in [2.45, 2.75) is 17.5 Å². The van der Waals surface area contributed by atoms with Crippen molar-refractivity contribution in [3.63, 3.8) is 0 Å². The molecule has 1 rings (SSSR count). The van der Waals surface area contributed by atoms with Gasteiger partial charge in [-0.25, -0.2) is 12.8 Å². The maximum Gasteiger partial charge on any atom is 0.390 e. The van der Waals surface area contributed by atoms with E-state index in [4.69, 9.17) is 10.7 Å². The van der Waals surface area contributed by atoms with Crippen molar-refractivity contribution in [1.82, 2.24) is 4.90 Å². The summed E-state index contributed by atoms with van der Waals surface area (Å²) in [6.45, 7) is -0.637. The standard InChI is InChI=1S/C11H10ClF4NO3S/c1-17(3-2-11(14,15)16)10(18)7-4-8(13)6-9(5-7)21(12,19)20/h4-6H,2-3H2,1H3. The number of hydrogen-bond acceptors (Lipinski definition) is 3. The summed E-state index contributed by atoms with van der Waals surface area (Å²) < 4.78 is 71.7. The Hall–Kier alpha value is -1.35. The van der Waals surface area contributed by atoms with Gasteiger partial charge in [-0.15, -0.1) is 0 Å². The average molecular weight is 348 g/mol. The highest BCUT2D eigenvalue weighted by Crippen LogP contribution is 2.21. The minimum absolute atomic E-state index is 0.404. The van der Waals surface area contributed by atoms with Crippen molar-refractivity contribution in [2.75, 3.05) is 13.6 Å². The van der Waals surface area contributed by atoms with Crippen LogP contribution in [0.3, 0.4) is 0 Å². The molecule has 0 spiro atoms. The van der Waals surface area contributed by atoms with Crippen LogP contribution >= 0.6 is 10.7 Å². The summed E-state index contributed by atoms with van der Waals surface area (Å²) in [5, 5.41) is 0. The molecule has 4 nitrogen and oxygen atoms in total. The van der Waals surface area contributed by atoms with E-state index in [-0.39, 0.29) is 0 Å². The van der Waals surface area contributed by atoms with Crippen molar-refractivity contribution in [3.8, 4) is 0 Å². The third-order valence-electron chi connectivity index (χ3n) is 2.48. The van der Waals surface area contributed by atoms with E-state index in [0.717, 1.165) is 19.2 Å². The molecule has 0 bridgehead atoms. The van der Waals surface area contributed by atoms with Gasteiger partial charge in [0.1, 0.15) is 5.82 Å². The first kappa shape index (κ1) is 17.7. The molecular formula is C11H10ClF4NO3S. The zero-order chi connectivity index (χ0) is 16.4. The SMILES string of the molecule is CN(CCC(F)(F)F)C(=O)c1cc(F)cc(S(=O)(=O)Cl)c1. The third kappa shape index (κ3) is 5.50. The van der Waals surface area contributed by atoms with Gasteiger partial charge in [-0.05, 0) is 18.2 Å². The number of alkyl halides is 3. The van der Waals surface area contributed by atoms with Crippen molar-refractivity contribution in [2.24, 2.45) is 0 Å². The number of carbonyl (C=O) groups is 1. The largest absolute Gasteiger partial charge is 0.390 e. The van der Waals surface area contributed by atoms with Crippen molar-refractivity contribution < 1.29 is 30.8 Å². The van der Waals surface area contributed by atoms with Gasteiger partial charge < -0.3 is 4.90 Å². The highest BCUT2D eigenvalue weighted by atomic mass is 35.7. The molecule has 1 aromatic rings. The topological polar surface area (TPSA) is 54.5 Å². The van der Waals surface area contributed by atoms with Crippen molar-refractivity contribution in [1.29, 1.82) is 0 Å². The predicted molar refractivity (Wildman–Crippen MR) is 67.1 cm³/mol. The van der Waals surface area contributed by atoms with Gasteiger partial charge in [0.2, 0.25) is 0 Å². The van der Waals surface area contributed by atoms with E-state index in [1.165, 1.54) is 0 Å². The van der Waals surface area contributed by atoms with E-state index in [1.807, 2.05) is 0 Å². The zero-order valence-corrected chi connectivity index (χ0v) is 12.2. The molecule has 118 valence electrons. The Kier molecular flexibility index (Phi) is 5.21. The first-order valence-electron chi connectivity index (χ1n) is 5.47. The lowest BCUT2D eigenvalue weighted by atomic mass is 10.2. The lowest BCUT2D eigenvalue weighted by molar-refractivity contribution is -0.136. The molecule has 0 N–H and O–H groups in total. The summed E-state index contributed by atoms with van der Waals surface area (Å²) in [4.78, 5) is 11.9. The van der Waals surface area contributed by atoms with Crippen LogP contribution in [0.25, 0.3) is 0 Å². The Bertz CT molecular complexity index is 645. The van der Waals surface area contributed by atoms with Crippen molar-refractivity contribution >= 4 is 25.6 Å². The fourth-order valence-corrected chi connectivity index (χ4v) is 2.23. The Labute approximate surface area is 122 Å². The molecule has 0 aliphatic carbocycles. The smallest absolute Gasteiger partial charge is 0.341 e. The predicted octanol–water partition coefficient (Wildman–Crippen LogP) is 2.78. The van der Waals surface area contributed by atoms with Crippen LogP contribution < -0.4 is 0 Å². The second kappa shape index (κ2) is 6.18. The highest BCUT2D eigenvalue weighted by Gasteiger charge is 2.28. The maximum atomic E-state index is 13.3. The van der Waals surface area contributed by atoms with Gasteiger partial charge in [0.15, 0.2) is 0 Å². The summed E-state index contributed by atoms with van der Waals surface area (Å²) in [7, 11) is 1.87. The molecule has 0 unspecified atom stereocenters. The molecule has 0 aromatic heterocycles. The van der Waals surface area contributed by atoms with Crippen LogP contribution in [0.5, 0.6) is 0 Å². The Morgan fingerprint density at radius 2 is 1.86 bits per heavy atom. The van der Waals surface area contributed by atoms with Crippen LogP contribution in [0, 0.1) is 5.82 Å². The zero-order valence-electron chi connectivity index (χ0n) is 10.6. The molecular weight excluding hydrogens is 338 g/mol. The molecule has 0 radical (unpaired) electrons. The fourth-order valence-electron chi connectivity index (χ4n) is 1.44. The quantitative estimate of drug-likeness (QED) is 0.621. The van der Waals surface area contributed by atoms with E-state index in [2.05, 4.69) is 0 Å². The number of rotatable bonds is 4. The van der Waals surface area contributed by atoms with Gasteiger partial charge in [0.25, 0.3) is 15.0 Å². The highest BCUT2D eigenvalue weighted by molar-refractivity contribution is 8.13. The van der Waals surface area contributed by atoms with Gasteiger partial charge in [0, 0.05) is 29.8 Å². The molecule has 21 heavy (non-hydrogen) atoms. The van der Waals surface area contributed by atoms with E-state index >= 15 is 0 Å². The summed E-state index contributed by atoms with van der Waals surface area (Å²) >= 11 is 0. The average Bonchev–Trinajstić information content (AvgIpc) is 2.32. The molecule has 0 saturated carbocycles. The number of hydrogen-bond donors (Lipinski definition) is 0. The number of halogens is 5. The minimum atomic E-state index is -4.44. The Morgan fingerprint density at radius 1 is 1.29 bits per heavy atom. The molecule has 0 aliphatic rings. The van der Waals surface area contributed by atoms with E-state index in [0.29, 0.717) is 11.0 Å². The molecule has 10 heteroatoms. The second-order valence-corrected chi connectivity index (χ2v) is 6.77. The molecule has 0 saturated heterocycles. The van der Waals surface area contributed by atoms with Gasteiger partial charge >= 0.3 is 6.18 Å². The summed E-state index contributed by atoms with van der Waals surface area (Å²) in [5.41, 5.74) is -0.404. The molecule has 0 atom stereocenters. The van der Waals surface area contributed by atoms with Gasteiger partial charge in [-0.2, -0.15) is 13.2 Å². The first-order valence-corrected chi connectivity index (χ1v) is 7.78. The Balaban J connectivity index is 3.00. The van der Waals surface area contributed by atoms with Crippen LogP contribution in [0.4, 0.5) is 17.6 Å². The number of carbonyl (C=O) groups excluding carboxylic acids is 1. The molecule has 0 aliphatic heterocycles. The first-order chi connectivity index (χ1) is 9.40. The molecule has 1 amide bonds. The van der Waals surface area contributed by atoms with E-state index < -0.39 is 50.4 Å².